The van der Waals surface area contributed by atoms with Crippen molar-refractivity contribution in [2.45, 2.75) is 20.3 Å². The summed E-state index contributed by atoms with van der Waals surface area (Å²) in [5.74, 6) is 1.03. The summed E-state index contributed by atoms with van der Waals surface area (Å²) in [5.41, 5.74) is 9.12. The summed E-state index contributed by atoms with van der Waals surface area (Å²) in [6.45, 7) is 4.38. The van der Waals surface area contributed by atoms with E-state index < -0.39 is 0 Å². The molecule has 4 nitrogen and oxygen atoms in total. The van der Waals surface area contributed by atoms with E-state index in [4.69, 9.17) is 5.73 Å². The van der Waals surface area contributed by atoms with E-state index in [0.29, 0.717) is 23.0 Å². The fraction of sp³-hybridized carbons (Fsp3) is 0.333. The number of benzene rings is 1. The first-order valence-corrected chi connectivity index (χ1v) is 6.40. The Morgan fingerprint density at radius 3 is 2.47 bits per heavy atom. The molecule has 0 atom stereocenters. The van der Waals surface area contributed by atoms with Crippen LogP contribution in [0, 0.1) is 5.92 Å². The number of carbonyl (C=O) groups is 1. The Balaban J connectivity index is 2.37. The van der Waals surface area contributed by atoms with Crippen LogP contribution < -0.4 is 5.73 Å². The Morgan fingerprint density at radius 2 is 1.95 bits per heavy atom. The molecule has 2 rings (SSSR count). The van der Waals surface area contributed by atoms with Crippen molar-refractivity contribution in [2.75, 3.05) is 5.73 Å². The molecule has 2 N–H and O–H groups in total. The van der Waals surface area contributed by atoms with Crippen molar-refractivity contribution >= 4 is 12.1 Å². The molecule has 0 spiro atoms. The van der Waals surface area contributed by atoms with E-state index in [2.05, 4.69) is 31.1 Å². The zero-order valence-electron chi connectivity index (χ0n) is 11.6. The molecule has 0 unspecified atom stereocenters. The number of hydrogen-bond acceptors (Lipinski definition) is 3. The van der Waals surface area contributed by atoms with Crippen LogP contribution in [-0.2, 0) is 13.5 Å². The number of carbonyl (C=O) groups excluding carboxylic acids is 1. The monoisotopic (exact) mass is 257 g/mol. The molecule has 0 bridgehead atoms. The van der Waals surface area contributed by atoms with Gasteiger partial charge in [0.05, 0.1) is 5.56 Å². The lowest BCUT2D eigenvalue weighted by Crippen LogP contribution is -1.98. The number of aromatic nitrogens is 2. The third-order valence-corrected chi connectivity index (χ3v) is 3.12. The Labute approximate surface area is 113 Å². The standard InChI is InChI=1S/C15H19N3O/c1-10(2)8-11-4-6-12(7-5-11)14-13(9-19)15(16)18(3)17-14/h4-7,9-10H,8,16H2,1-3H3. The predicted octanol–water partition coefficient (Wildman–Crippen LogP) is 2.68. The highest BCUT2D eigenvalue weighted by atomic mass is 16.1. The summed E-state index contributed by atoms with van der Waals surface area (Å²) in [5, 5.41) is 4.30. The van der Waals surface area contributed by atoms with Crippen molar-refractivity contribution in [2.24, 2.45) is 13.0 Å². The average molecular weight is 257 g/mol. The number of nitrogen functional groups attached to an aromatic ring is 1. The fourth-order valence-corrected chi connectivity index (χ4v) is 2.15. The number of nitrogens with two attached hydrogens (primary N) is 1. The predicted molar refractivity (Wildman–Crippen MR) is 77.0 cm³/mol. The summed E-state index contributed by atoms with van der Waals surface area (Å²) in [6.07, 6.45) is 1.81. The zero-order chi connectivity index (χ0) is 14.0. The van der Waals surface area contributed by atoms with E-state index in [1.165, 1.54) is 10.2 Å². The first kappa shape index (κ1) is 13.3. The van der Waals surface area contributed by atoms with Gasteiger partial charge in [0.1, 0.15) is 11.5 Å². The maximum absolute atomic E-state index is 11.1. The van der Waals surface area contributed by atoms with Gasteiger partial charge in [0, 0.05) is 12.6 Å². The van der Waals surface area contributed by atoms with Crippen LogP contribution in [-0.4, -0.2) is 16.1 Å². The van der Waals surface area contributed by atoms with E-state index in [1.54, 1.807) is 7.05 Å². The number of rotatable bonds is 4. The first-order chi connectivity index (χ1) is 9.02. The van der Waals surface area contributed by atoms with Crippen LogP contribution in [0.2, 0.25) is 0 Å². The Morgan fingerprint density at radius 1 is 1.32 bits per heavy atom. The average Bonchev–Trinajstić information content (AvgIpc) is 2.65. The van der Waals surface area contributed by atoms with Crippen molar-refractivity contribution in [3.63, 3.8) is 0 Å². The first-order valence-electron chi connectivity index (χ1n) is 6.40. The molecule has 0 saturated carbocycles. The molecule has 1 aromatic carbocycles. The lowest BCUT2D eigenvalue weighted by molar-refractivity contribution is 0.112. The third kappa shape index (κ3) is 2.67. The lowest BCUT2D eigenvalue weighted by Gasteiger charge is -2.05. The molecule has 0 radical (unpaired) electrons. The fourth-order valence-electron chi connectivity index (χ4n) is 2.15. The van der Waals surface area contributed by atoms with Gasteiger partial charge in [0.25, 0.3) is 0 Å². The second-order valence-corrected chi connectivity index (χ2v) is 5.18. The van der Waals surface area contributed by atoms with Crippen molar-refractivity contribution in [1.82, 2.24) is 9.78 Å². The number of aldehydes is 1. The molecule has 0 fully saturated rings. The maximum Gasteiger partial charge on any atom is 0.156 e. The van der Waals surface area contributed by atoms with Gasteiger partial charge < -0.3 is 5.73 Å². The number of nitrogens with zero attached hydrogens (tertiary/aromatic N) is 2. The van der Waals surface area contributed by atoms with E-state index >= 15 is 0 Å². The van der Waals surface area contributed by atoms with Crippen molar-refractivity contribution in [1.29, 1.82) is 0 Å². The lowest BCUT2D eigenvalue weighted by atomic mass is 10.00. The number of anilines is 1. The van der Waals surface area contributed by atoms with Crippen molar-refractivity contribution in [3.05, 3.63) is 35.4 Å². The summed E-state index contributed by atoms with van der Waals surface area (Å²) in [7, 11) is 1.74. The van der Waals surface area contributed by atoms with Gasteiger partial charge in [-0.25, -0.2) is 0 Å². The zero-order valence-corrected chi connectivity index (χ0v) is 11.6. The normalized spacial score (nSPS) is 10.9. The molecule has 0 saturated heterocycles. The number of hydrogen-bond donors (Lipinski definition) is 1. The van der Waals surface area contributed by atoms with E-state index in [1.807, 2.05) is 12.1 Å². The summed E-state index contributed by atoms with van der Waals surface area (Å²) in [6, 6.07) is 8.14. The molecule has 1 heterocycles. The highest BCUT2D eigenvalue weighted by Crippen LogP contribution is 2.25. The molecule has 2 aromatic rings. The van der Waals surface area contributed by atoms with Gasteiger partial charge in [-0.15, -0.1) is 0 Å². The molecule has 1 aromatic heterocycles. The van der Waals surface area contributed by atoms with Gasteiger partial charge in [0.15, 0.2) is 6.29 Å². The van der Waals surface area contributed by atoms with Crippen LogP contribution >= 0.6 is 0 Å². The Bertz CT molecular complexity index is 582. The van der Waals surface area contributed by atoms with Gasteiger partial charge in [-0.05, 0) is 17.9 Å². The Hall–Kier alpha value is -2.10. The minimum atomic E-state index is 0.399. The summed E-state index contributed by atoms with van der Waals surface area (Å²) < 4.78 is 1.53. The maximum atomic E-state index is 11.1. The quantitative estimate of drug-likeness (QED) is 0.857. The number of aryl methyl sites for hydroxylation is 1. The second-order valence-electron chi connectivity index (χ2n) is 5.18. The molecule has 0 aliphatic heterocycles. The van der Waals surface area contributed by atoms with Crippen molar-refractivity contribution in [3.8, 4) is 11.3 Å². The summed E-state index contributed by atoms with van der Waals surface area (Å²) in [4.78, 5) is 11.1. The highest BCUT2D eigenvalue weighted by molar-refractivity contribution is 5.91. The van der Waals surface area contributed by atoms with E-state index in [-0.39, 0.29) is 0 Å². The minimum Gasteiger partial charge on any atom is -0.383 e. The van der Waals surface area contributed by atoms with E-state index in [0.717, 1.165) is 18.3 Å². The third-order valence-electron chi connectivity index (χ3n) is 3.12. The van der Waals surface area contributed by atoms with E-state index in [9.17, 15) is 4.79 Å². The second kappa shape index (κ2) is 5.26. The van der Waals surface area contributed by atoms with Crippen LogP contribution in [0.25, 0.3) is 11.3 Å². The largest absolute Gasteiger partial charge is 0.383 e. The smallest absolute Gasteiger partial charge is 0.156 e. The topological polar surface area (TPSA) is 60.9 Å². The highest BCUT2D eigenvalue weighted by Gasteiger charge is 2.14. The van der Waals surface area contributed by atoms with Crippen LogP contribution in [0.3, 0.4) is 0 Å². The molecule has 19 heavy (non-hydrogen) atoms. The van der Waals surface area contributed by atoms with Gasteiger partial charge in [-0.2, -0.15) is 5.10 Å². The van der Waals surface area contributed by atoms with Crippen LogP contribution in [0.15, 0.2) is 24.3 Å². The molecule has 4 heteroatoms. The van der Waals surface area contributed by atoms with Gasteiger partial charge in [-0.3, -0.25) is 9.48 Å². The molecular weight excluding hydrogens is 238 g/mol. The SMILES string of the molecule is CC(C)Cc1ccc(-c2nn(C)c(N)c2C=O)cc1. The molecular formula is C15H19N3O. The van der Waals surface area contributed by atoms with Gasteiger partial charge >= 0.3 is 0 Å². The van der Waals surface area contributed by atoms with Gasteiger partial charge in [0.2, 0.25) is 0 Å². The molecule has 0 amide bonds. The van der Waals surface area contributed by atoms with Crippen LogP contribution in [0.4, 0.5) is 5.82 Å². The molecule has 100 valence electrons. The minimum absolute atomic E-state index is 0.399. The van der Waals surface area contributed by atoms with Crippen LogP contribution in [0.5, 0.6) is 0 Å². The summed E-state index contributed by atoms with van der Waals surface area (Å²) >= 11 is 0. The molecule has 0 aliphatic rings. The Kier molecular flexibility index (Phi) is 3.69. The molecule has 0 aliphatic carbocycles. The van der Waals surface area contributed by atoms with Crippen molar-refractivity contribution < 1.29 is 4.79 Å². The van der Waals surface area contributed by atoms with Gasteiger partial charge in [-0.1, -0.05) is 38.1 Å². The van der Waals surface area contributed by atoms with Crippen LogP contribution in [0.1, 0.15) is 29.8 Å².